The molecule has 4 rings (SSSR count). The Morgan fingerprint density at radius 1 is 1.10 bits per heavy atom. The Labute approximate surface area is 188 Å². The van der Waals surface area contributed by atoms with Gasteiger partial charge >= 0.3 is 0 Å². The SMILES string of the molecule is Nn1c(SC(C(=O)N2CCOCC2)c2ccccc2)nnc1-c1cc(Cl)ccc1Cl. The number of ether oxygens (including phenoxy) is 1. The van der Waals surface area contributed by atoms with Gasteiger partial charge in [-0.2, -0.15) is 0 Å². The van der Waals surface area contributed by atoms with Gasteiger partial charge in [0, 0.05) is 23.7 Å². The van der Waals surface area contributed by atoms with Gasteiger partial charge in [-0.15, -0.1) is 10.2 Å². The quantitative estimate of drug-likeness (QED) is 0.458. The number of carbonyl (C=O) groups excluding carboxylic acids is 1. The first-order valence-corrected chi connectivity index (χ1v) is 10.9. The zero-order chi connectivity index (χ0) is 21.1. The van der Waals surface area contributed by atoms with Crippen LogP contribution < -0.4 is 5.84 Å². The van der Waals surface area contributed by atoms with E-state index >= 15 is 0 Å². The van der Waals surface area contributed by atoms with Gasteiger partial charge in [0.25, 0.3) is 0 Å². The van der Waals surface area contributed by atoms with Gasteiger partial charge < -0.3 is 15.5 Å². The number of thioether (sulfide) groups is 1. The number of rotatable bonds is 5. The van der Waals surface area contributed by atoms with E-state index in [4.69, 9.17) is 33.8 Å². The maximum Gasteiger partial charge on any atom is 0.240 e. The van der Waals surface area contributed by atoms with Gasteiger partial charge in [-0.3, -0.25) is 4.79 Å². The molecule has 156 valence electrons. The molecule has 1 aromatic heterocycles. The van der Waals surface area contributed by atoms with Crippen molar-refractivity contribution in [3.05, 3.63) is 64.1 Å². The van der Waals surface area contributed by atoms with E-state index in [0.717, 1.165) is 5.56 Å². The van der Waals surface area contributed by atoms with Crippen molar-refractivity contribution in [2.24, 2.45) is 0 Å². The normalized spacial score (nSPS) is 15.2. The molecule has 0 saturated carbocycles. The predicted molar refractivity (Wildman–Crippen MR) is 118 cm³/mol. The first-order valence-electron chi connectivity index (χ1n) is 9.28. The number of carbonyl (C=O) groups is 1. The molecule has 1 unspecified atom stereocenters. The molecule has 0 aliphatic carbocycles. The third-order valence-corrected chi connectivity index (χ3v) is 6.47. The minimum Gasteiger partial charge on any atom is -0.378 e. The number of amides is 1. The molecular weight excluding hydrogens is 445 g/mol. The van der Waals surface area contributed by atoms with Gasteiger partial charge in [0.05, 0.1) is 18.2 Å². The largest absolute Gasteiger partial charge is 0.378 e. The highest BCUT2D eigenvalue weighted by atomic mass is 35.5. The highest BCUT2D eigenvalue weighted by Gasteiger charge is 2.30. The topological polar surface area (TPSA) is 86.3 Å². The zero-order valence-electron chi connectivity index (χ0n) is 15.9. The minimum atomic E-state index is -0.515. The standard InChI is InChI=1S/C20H19Cl2N5O2S/c21-14-6-7-16(22)15(12-14)18-24-25-20(27(18)23)30-17(13-4-2-1-3-5-13)19(28)26-8-10-29-11-9-26/h1-7,12,17H,8-11,23H2. The Balaban J connectivity index is 1.66. The van der Waals surface area contributed by atoms with Crippen LogP contribution in [0.15, 0.2) is 53.7 Å². The van der Waals surface area contributed by atoms with Crippen molar-refractivity contribution in [2.45, 2.75) is 10.4 Å². The second-order valence-corrected chi connectivity index (χ2v) is 8.56. The van der Waals surface area contributed by atoms with E-state index in [2.05, 4.69) is 10.2 Å². The third kappa shape index (κ3) is 4.41. The molecule has 30 heavy (non-hydrogen) atoms. The van der Waals surface area contributed by atoms with Crippen LogP contribution in [-0.2, 0) is 9.53 Å². The summed E-state index contributed by atoms with van der Waals surface area (Å²) in [5, 5.41) is 9.25. The number of aromatic nitrogens is 3. The Morgan fingerprint density at radius 2 is 1.83 bits per heavy atom. The summed E-state index contributed by atoms with van der Waals surface area (Å²) >= 11 is 13.6. The van der Waals surface area contributed by atoms with E-state index in [1.54, 1.807) is 23.1 Å². The Kier molecular flexibility index (Phi) is 6.48. The molecule has 1 atom stereocenters. The van der Waals surface area contributed by atoms with Gasteiger partial charge in [-0.05, 0) is 23.8 Å². The molecule has 2 N–H and O–H groups in total. The molecule has 1 saturated heterocycles. The predicted octanol–water partition coefficient (Wildman–Crippen LogP) is 3.66. The summed E-state index contributed by atoms with van der Waals surface area (Å²) < 4.78 is 6.71. The van der Waals surface area contributed by atoms with Crippen LogP contribution in [0.4, 0.5) is 0 Å². The third-order valence-electron chi connectivity index (χ3n) is 4.71. The Morgan fingerprint density at radius 3 is 2.57 bits per heavy atom. The maximum absolute atomic E-state index is 13.3. The van der Waals surface area contributed by atoms with E-state index in [0.29, 0.717) is 52.9 Å². The fourth-order valence-corrected chi connectivity index (χ4v) is 4.57. The fourth-order valence-electron chi connectivity index (χ4n) is 3.15. The number of hydrogen-bond acceptors (Lipinski definition) is 6. The number of hydrogen-bond donors (Lipinski definition) is 1. The summed E-state index contributed by atoms with van der Waals surface area (Å²) in [6, 6.07) is 14.6. The van der Waals surface area contributed by atoms with Crippen molar-refractivity contribution in [1.82, 2.24) is 19.8 Å². The minimum absolute atomic E-state index is 0.0140. The van der Waals surface area contributed by atoms with Crippen molar-refractivity contribution in [3.63, 3.8) is 0 Å². The lowest BCUT2D eigenvalue weighted by molar-refractivity contribution is -0.134. The lowest BCUT2D eigenvalue weighted by Crippen LogP contribution is -2.42. The van der Waals surface area contributed by atoms with E-state index in [9.17, 15) is 4.79 Å². The molecule has 1 fully saturated rings. The Hall–Kier alpha value is -2.26. The van der Waals surface area contributed by atoms with Crippen LogP contribution in [-0.4, -0.2) is 52.0 Å². The van der Waals surface area contributed by atoms with Gasteiger partial charge in [-0.25, -0.2) is 4.68 Å². The van der Waals surface area contributed by atoms with Crippen LogP contribution in [0.5, 0.6) is 0 Å². The van der Waals surface area contributed by atoms with Crippen LogP contribution in [0.3, 0.4) is 0 Å². The number of halogens is 2. The molecule has 1 aliphatic heterocycles. The molecule has 0 bridgehead atoms. The summed E-state index contributed by atoms with van der Waals surface area (Å²) in [4.78, 5) is 15.1. The van der Waals surface area contributed by atoms with Crippen LogP contribution in [0.1, 0.15) is 10.8 Å². The van der Waals surface area contributed by atoms with Gasteiger partial charge in [0.15, 0.2) is 5.82 Å². The zero-order valence-corrected chi connectivity index (χ0v) is 18.2. The molecule has 3 aromatic rings. The average molecular weight is 464 g/mol. The van der Waals surface area contributed by atoms with Crippen molar-refractivity contribution in [3.8, 4) is 11.4 Å². The number of nitrogen functional groups attached to an aromatic ring is 1. The summed E-state index contributed by atoms with van der Waals surface area (Å²) in [6.07, 6.45) is 0. The summed E-state index contributed by atoms with van der Waals surface area (Å²) in [5.74, 6) is 6.64. The van der Waals surface area contributed by atoms with Gasteiger partial charge in [0.2, 0.25) is 11.1 Å². The lowest BCUT2D eigenvalue weighted by atomic mass is 10.1. The number of morpholine rings is 1. The molecule has 1 amide bonds. The Bertz CT molecular complexity index is 1040. The van der Waals surface area contributed by atoms with Crippen LogP contribution in [0.25, 0.3) is 11.4 Å². The molecule has 0 radical (unpaired) electrons. The maximum atomic E-state index is 13.3. The second kappa shape index (κ2) is 9.26. The highest BCUT2D eigenvalue weighted by molar-refractivity contribution is 8.00. The van der Waals surface area contributed by atoms with Gasteiger partial charge in [-0.1, -0.05) is 65.3 Å². The number of nitrogens with zero attached hydrogens (tertiary/aromatic N) is 4. The summed E-state index contributed by atoms with van der Waals surface area (Å²) in [5.41, 5.74) is 1.44. The fraction of sp³-hybridized carbons (Fsp3) is 0.250. The van der Waals surface area contributed by atoms with E-state index < -0.39 is 5.25 Å². The molecule has 1 aliphatic rings. The number of benzene rings is 2. The molecule has 2 heterocycles. The van der Waals surface area contributed by atoms with Crippen molar-refractivity contribution in [1.29, 1.82) is 0 Å². The molecule has 7 nitrogen and oxygen atoms in total. The van der Waals surface area contributed by atoms with E-state index in [1.165, 1.54) is 16.4 Å². The summed E-state index contributed by atoms with van der Waals surface area (Å²) in [6.45, 7) is 2.17. The molecular formula is C20H19Cl2N5O2S. The van der Waals surface area contributed by atoms with E-state index in [1.807, 2.05) is 30.3 Å². The lowest BCUT2D eigenvalue weighted by Gasteiger charge is -2.30. The van der Waals surface area contributed by atoms with Crippen LogP contribution >= 0.6 is 35.0 Å². The van der Waals surface area contributed by atoms with Crippen molar-refractivity contribution < 1.29 is 9.53 Å². The first kappa shape index (κ1) is 21.0. The van der Waals surface area contributed by atoms with Crippen LogP contribution in [0.2, 0.25) is 10.0 Å². The van der Waals surface area contributed by atoms with E-state index in [-0.39, 0.29) is 5.91 Å². The highest BCUT2D eigenvalue weighted by Crippen LogP contribution is 2.37. The summed E-state index contributed by atoms with van der Waals surface area (Å²) in [7, 11) is 0. The van der Waals surface area contributed by atoms with Crippen molar-refractivity contribution >= 4 is 40.9 Å². The molecule has 0 spiro atoms. The van der Waals surface area contributed by atoms with Crippen LogP contribution in [0, 0.1) is 0 Å². The molecule has 2 aromatic carbocycles. The second-order valence-electron chi connectivity index (χ2n) is 6.65. The van der Waals surface area contributed by atoms with Crippen molar-refractivity contribution in [2.75, 3.05) is 32.1 Å². The first-order chi connectivity index (χ1) is 14.5. The number of nitrogens with two attached hydrogens (primary N) is 1. The van der Waals surface area contributed by atoms with Gasteiger partial charge in [0.1, 0.15) is 5.25 Å². The molecule has 10 heteroatoms. The average Bonchev–Trinajstić information content (AvgIpc) is 3.14. The smallest absolute Gasteiger partial charge is 0.240 e. The monoisotopic (exact) mass is 463 g/mol.